The summed E-state index contributed by atoms with van der Waals surface area (Å²) in [7, 11) is 3.53. The molecule has 0 fully saturated rings. The summed E-state index contributed by atoms with van der Waals surface area (Å²) >= 11 is 0. The van der Waals surface area contributed by atoms with Gasteiger partial charge < -0.3 is 0 Å². The third-order valence-corrected chi connectivity index (χ3v) is 3.55. The third kappa shape index (κ3) is 3.59. The summed E-state index contributed by atoms with van der Waals surface area (Å²) in [4.78, 5) is 10.00. The average molecular weight is 229 g/mol. The van der Waals surface area contributed by atoms with Crippen molar-refractivity contribution in [2.24, 2.45) is 0 Å². The molecule has 1 rings (SSSR count). The van der Waals surface area contributed by atoms with Gasteiger partial charge in [-0.15, -0.1) is 0 Å². The molecule has 0 unspecified atom stereocenters. The zero-order chi connectivity index (χ0) is 10.4. The summed E-state index contributed by atoms with van der Waals surface area (Å²) in [5.74, 6) is 1.04. The smallest absolute Gasteiger partial charge is 0.258 e. The van der Waals surface area contributed by atoms with Crippen molar-refractivity contribution < 1.29 is 4.92 Å². The molecule has 0 saturated carbocycles. The van der Waals surface area contributed by atoms with E-state index in [1.807, 2.05) is 18.4 Å². The lowest BCUT2D eigenvalue weighted by molar-refractivity contribution is -0.384. The molecule has 0 radical (unpaired) electrons. The van der Waals surface area contributed by atoms with Crippen molar-refractivity contribution in [1.82, 2.24) is 0 Å². The zero-order valence-electron chi connectivity index (χ0n) is 7.80. The van der Waals surface area contributed by atoms with E-state index in [0.29, 0.717) is 0 Å². The molecule has 0 amide bonds. The second-order valence-electron chi connectivity index (χ2n) is 2.66. The summed E-state index contributed by atoms with van der Waals surface area (Å²) in [6, 6.07) is 6.75. The minimum atomic E-state index is -0.375. The van der Waals surface area contributed by atoms with E-state index >= 15 is 0 Å². The van der Waals surface area contributed by atoms with Crippen LogP contribution in [0.25, 0.3) is 0 Å². The molecule has 5 heteroatoms. The number of aryl methyl sites for hydroxylation is 1. The first-order valence-corrected chi connectivity index (χ1v) is 6.85. The number of hydrogen-bond acceptors (Lipinski definition) is 4. The van der Waals surface area contributed by atoms with Gasteiger partial charge in [0.25, 0.3) is 5.69 Å². The fourth-order valence-electron chi connectivity index (χ4n) is 1.03. The van der Waals surface area contributed by atoms with Gasteiger partial charge in [0.15, 0.2) is 0 Å². The lowest BCUT2D eigenvalue weighted by atomic mass is 10.1. The largest absolute Gasteiger partial charge is 0.269 e. The number of nitro benzene ring substituents is 1. The molecule has 0 bridgehead atoms. The molecule has 1 aromatic carbocycles. The Hall–Kier alpha value is -0.680. The number of hydrogen-bond donors (Lipinski definition) is 0. The van der Waals surface area contributed by atoms with Gasteiger partial charge in [0.1, 0.15) is 0 Å². The van der Waals surface area contributed by atoms with Gasteiger partial charge >= 0.3 is 0 Å². The summed E-state index contributed by atoms with van der Waals surface area (Å²) in [6.07, 6.45) is 3.00. The highest BCUT2D eigenvalue weighted by molar-refractivity contribution is 8.76. The highest BCUT2D eigenvalue weighted by atomic mass is 33.1. The van der Waals surface area contributed by atoms with Crippen LogP contribution in [0.4, 0.5) is 5.69 Å². The minimum absolute atomic E-state index is 0.159. The van der Waals surface area contributed by atoms with Crippen molar-refractivity contribution in [2.45, 2.75) is 6.42 Å². The van der Waals surface area contributed by atoms with Crippen LogP contribution in [0.2, 0.25) is 0 Å². The van der Waals surface area contributed by atoms with Crippen molar-refractivity contribution >= 4 is 27.3 Å². The third-order valence-electron chi connectivity index (χ3n) is 1.74. The Balaban J connectivity index is 2.51. The maximum atomic E-state index is 10.4. The molecule has 0 aliphatic carbocycles. The van der Waals surface area contributed by atoms with Crippen LogP contribution in [0, 0.1) is 10.1 Å². The SMILES string of the molecule is CSSCCc1ccc([N+](=O)[O-])cc1. The van der Waals surface area contributed by atoms with E-state index < -0.39 is 0 Å². The van der Waals surface area contributed by atoms with Crippen molar-refractivity contribution in [1.29, 1.82) is 0 Å². The Morgan fingerprint density at radius 3 is 2.50 bits per heavy atom. The minimum Gasteiger partial charge on any atom is -0.258 e. The fourth-order valence-corrected chi connectivity index (χ4v) is 2.26. The zero-order valence-corrected chi connectivity index (χ0v) is 9.44. The summed E-state index contributed by atoms with van der Waals surface area (Å²) in [5.41, 5.74) is 1.31. The molecular formula is C9H11NO2S2. The van der Waals surface area contributed by atoms with Gasteiger partial charge in [-0.2, -0.15) is 0 Å². The number of rotatable bonds is 5. The van der Waals surface area contributed by atoms with Crippen LogP contribution in [-0.2, 0) is 6.42 Å². The van der Waals surface area contributed by atoms with E-state index in [1.165, 1.54) is 0 Å². The molecule has 0 spiro atoms. The molecule has 14 heavy (non-hydrogen) atoms. The number of nitro groups is 1. The van der Waals surface area contributed by atoms with E-state index in [0.717, 1.165) is 17.7 Å². The molecule has 1 aromatic rings. The van der Waals surface area contributed by atoms with Gasteiger partial charge in [0.05, 0.1) is 4.92 Å². The predicted octanol–water partition coefficient (Wildman–Crippen LogP) is 3.15. The van der Waals surface area contributed by atoms with Crippen LogP contribution in [0.5, 0.6) is 0 Å². The van der Waals surface area contributed by atoms with E-state index in [9.17, 15) is 10.1 Å². The van der Waals surface area contributed by atoms with E-state index in [4.69, 9.17) is 0 Å². The van der Waals surface area contributed by atoms with Crippen molar-refractivity contribution in [3.8, 4) is 0 Å². The monoisotopic (exact) mass is 229 g/mol. The normalized spacial score (nSPS) is 10.1. The molecule has 0 N–H and O–H groups in total. The van der Waals surface area contributed by atoms with E-state index in [-0.39, 0.29) is 10.6 Å². The van der Waals surface area contributed by atoms with Gasteiger partial charge in [-0.25, -0.2) is 0 Å². The maximum Gasteiger partial charge on any atom is 0.269 e. The fraction of sp³-hybridized carbons (Fsp3) is 0.333. The molecule has 0 aliphatic heterocycles. The molecule has 0 aliphatic rings. The summed E-state index contributed by atoms with van der Waals surface area (Å²) < 4.78 is 0. The Bertz CT molecular complexity index is 300. The second-order valence-corrected chi connectivity index (χ2v) is 5.35. The molecule has 0 aromatic heterocycles. The number of nitrogens with zero attached hydrogens (tertiary/aromatic N) is 1. The Labute approximate surface area is 90.8 Å². The first-order valence-electron chi connectivity index (χ1n) is 4.13. The second kappa shape index (κ2) is 5.93. The molecular weight excluding hydrogens is 218 g/mol. The first-order chi connectivity index (χ1) is 6.74. The van der Waals surface area contributed by atoms with Gasteiger partial charge in [-0.3, -0.25) is 10.1 Å². The standard InChI is InChI=1S/C9H11NO2S2/c1-13-14-7-6-8-2-4-9(5-3-8)10(11)12/h2-5H,6-7H2,1H3. The lowest BCUT2D eigenvalue weighted by Crippen LogP contribution is -1.90. The average Bonchev–Trinajstić information content (AvgIpc) is 2.19. The predicted molar refractivity (Wildman–Crippen MR) is 62.8 cm³/mol. The molecule has 76 valence electrons. The molecule has 0 atom stereocenters. The van der Waals surface area contributed by atoms with Crippen LogP contribution >= 0.6 is 21.6 Å². The van der Waals surface area contributed by atoms with Crippen LogP contribution in [0.1, 0.15) is 5.56 Å². The van der Waals surface area contributed by atoms with Gasteiger partial charge in [0.2, 0.25) is 0 Å². The first kappa shape index (κ1) is 11.4. The topological polar surface area (TPSA) is 43.1 Å². The molecule has 0 saturated heterocycles. The molecule has 0 heterocycles. The van der Waals surface area contributed by atoms with Gasteiger partial charge in [-0.1, -0.05) is 33.7 Å². The highest BCUT2D eigenvalue weighted by Gasteiger charge is 2.03. The van der Waals surface area contributed by atoms with Crippen LogP contribution in [0.3, 0.4) is 0 Å². The van der Waals surface area contributed by atoms with E-state index in [1.54, 1.807) is 33.7 Å². The van der Waals surface area contributed by atoms with Gasteiger partial charge in [-0.05, 0) is 18.2 Å². The van der Waals surface area contributed by atoms with E-state index in [2.05, 4.69) is 0 Å². The molecule has 3 nitrogen and oxygen atoms in total. The quantitative estimate of drug-likeness (QED) is 0.337. The Morgan fingerprint density at radius 2 is 2.00 bits per heavy atom. The number of benzene rings is 1. The summed E-state index contributed by atoms with van der Waals surface area (Å²) in [6.45, 7) is 0. The Kier molecular flexibility index (Phi) is 4.82. The van der Waals surface area contributed by atoms with Gasteiger partial charge in [0, 0.05) is 17.9 Å². The van der Waals surface area contributed by atoms with Crippen molar-refractivity contribution in [3.05, 3.63) is 39.9 Å². The highest BCUT2D eigenvalue weighted by Crippen LogP contribution is 2.19. The number of non-ortho nitro benzene ring substituents is 1. The van der Waals surface area contributed by atoms with Crippen molar-refractivity contribution in [2.75, 3.05) is 12.0 Å². The maximum absolute atomic E-state index is 10.4. The van der Waals surface area contributed by atoms with Crippen LogP contribution in [0.15, 0.2) is 24.3 Å². The summed E-state index contributed by atoms with van der Waals surface area (Å²) in [5, 5.41) is 10.4. The van der Waals surface area contributed by atoms with Crippen molar-refractivity contribution in [3.63, 3.8) is 0 Å². The van der Waals surface area contributed by atoms with Crippen LogP contribution in [-0.4, -0.2) is 16.9 Å². The van der Waals surface area contributed by atoms with Crippen LogP contribution < -0.4 is 0 Å². The lowest BCUT2D eigenvalue weighted by Gasteiger charge is -1.99. The Morgan fingerprint density at radius 1 is 1.36 bits per heavy atom.